The summed E-state index contributed by atoms with van der Waals surface area (Å²) in [6.45, 7) is 1.70. The Balaban J connectivity index is 2.49. The molecule has 1 heterocycles. The average molecular weight is 166 g/mol. The number of allylic oxidation sites excluding steroid dienone is 1. The first kappa shape index (κ1) is 7.16. The van der Waals surface area contributed by atoms with Crippen molar-refractivity contribution in [3.8, 4) is 11.5 Å². The lowest BCUT2D eigenvalue weighted by atomic mass is 10.3. The molecule has 1 aromatic carbocycles. The van der Waals surface area contributed by atoms with Crippen LogP contribution in [0.1, 0.15) is 6.92 Å². The van der Waals surface area contributed by atoms with Crippen molar-refractivity contribution in [3.05, 3.63) is 36.0 Å². The maximum Gasteiger partial charge on any atom is 0.205 e. The summed E-state index contributed by atoms with van der Waals surface area (Å²) >= 11 is 0. The fourth-order valence-electron chi connectivity index (χ4n) is 1.01. The van der Waals surface area contributed by atoms with Crippen LogP contribution in [-0.2, 0) is 0 Å². The van der Waals surface area contributed by atoms with Crippen molar-refractivity contribution in [2.24, 2.45) is 0 Å². The Morgan fingerprint density at radius 3 is 3.00 bits per heavy atom. The summed E-state index contributed by atoms with van der Waals surface area (Å²) < 4.78 is 23.2. The van der Waals surface area contributed by atoms with E-state index in [-0.39, 0.29) is 5.75 Å². The minimum absolute atomic E-state index is 0.164. The highest BCUT2D eigenvalue weighted by atomic mass is 19.1. The molecule has 3 heteroatoms. The quantitative estimate of drug-likeness (QED) is 0.589. The summed E-state index contributed by atoms with van der Waals surface area (Å²) in [5.41, 5.74) is 0. The molecule has 0 N–H and O–H groups in total. The van der Waals surface area contributed by atoms with Crippen molar-refractivity contribution in [3.63, 3.8) is 0 Å². The summed E-state index contributed by atoms with van der Waals surface area (Å²) in [4.78, 5) is 0. The minimum Gasteiger partial charge on any atom is -0.457 e. The van der Waals surface area contributed by atoms with Crippen LogP contribution in [-0.4, -0.2) is 0 Å². The normalized spacial score (nSPS) is 14.0. The second kappa shape index (κ2) is 2.52. The highest BCUT2D eigenvalue weighted by Gasteiger charge is 2.15. The lowest BCUT2D eigenvalue weighted by molar-refractivity contribution is 0.311. The van der Waals surface area contributed by atoms with Gasteiger partial charge in [-0.2, -0.15) is 0 Å². The van der Waals surface area contributed by atoms with Crippen LogP contribution < -0.4 is 9.47 Å². The highest BCUT2D eigenvalue weighted by molar-refractivity contribution is 5.43. The minimum atomic E-state index is -0.403. The second-order valence-corrected chi connectivity index (χ2v) is 2.52. The Morgan fingerprint density at radius 1 is 1.33 bits per heavy atom. The van der Waals surface area contributed by atoms with E-state index in [9.17, 15) is 4.39 Å². The lowest BCUT2D eigenvalue weighted by Gasteiger charge is -2.15. The second-order valence-electron chi connectivity index (χ2n) is 2.52. The number of halogens is 1. The fourth-order valence-corrected chi connectivity index (χ4v) is 1.01. The number of para-hydroxylation sites is 1. The van der Waals surface area contributed by atoms with Gasteiger partial charge in [-0.25, -0.2) is 4.39 Å². The van der Waals surface area contributed by atoms with Gasteiger partial charge in [0.1, 0.15) is 12.0 Å². The summed E-state index contributed by atoms with van der Waals surface area (Å²) in [6, 6.07) is 4.56. The van der Waals surface area contributed by atoms with Crippen molar-refractivity contribution < 1.29 is 13.9 Å². The molecule has 0 aromatic heterocycles. The van der Waals surface area contributed by atoms with Crippen molar-refractivity contribution >= 4 is 0 Å². The van der Waals surface area contributed by atoms with Crippen LogP contribution in [0.25, 0.3) is 0 Å². The van der Waals surface area contributed by atoms with Crippen LogP contribution >= 0.6 is 0 Å². The van der Waals surface area contributed by atoms with E-state index in [0.29, 0.717) is 11.5 Å². The summed E-state index contributed by atoms with van der Waals surface area (Å²) in [5, 5.41) is 0. The largest absolute Gasteiger partial charge is 0.457 e. The van der Waals surface area contributed by atoms with Gasteiger partial charge >= 0.3 is 0 Å². The molecule has 62 valence electrons. The smallest absolute Gasteiger partial charge is 0.205 e. The Bertz CT molecular complexity index is 344. The molecule has 0 saturated heterocycles. The number of ether oxygens (including phenoxy) is 2. The molecule has 0 aliphatic carbocycles. The first-order valence-corrected chi connectivity index (χ1v) is 3.57. The van der Waals surface area contributed by atoms with E-state index >= 15 is 0 Å². The van der Waals surface area contributed by atoms with Crippen LogP contribution in [0.4, 0.5) is 4.39 Å². The maximum absolute atomic E-state index is 13.0. The van der Waals surface area contributed by atoms with Crippen molar-refractivity contribution in [1.29, 1.82) is 0 Å². The first-order valence-electron chi connectivity index (χ1n) is 3.57. The van der Waals surface area contributed by atoms with E-state index in [0.717, 1.165) is 0 Å². The van der Waals surface area contributed by atoms with Crippen LogP contribution in [0.2, 0.25) is 0 Å². The molecule has 1 aliphatic heterocycles. The van der Waals surface area contributed by atoms with Crippen molar-refractivity contribution in [1.82, 2.24) is 0 Å². The monoisotopic (exact) mass is 166 g/mol. The summed E-state index contributed by atoms with van der Waals surface area (Å²) in [7, 11) is 0. The third-order valence-electron chi connectivity index (χ3n) is 1.55. The average Bonchev–Trinajstić information content (AvgIpc) is 2.07. The van der Waals surface area contributed by atoms with E-state index in [1.54, 1.807) is 19.1 Å². The third-order valence-corrected chi connectivity index (χ3v) is 1.55. The summed E-state index contributed by atoms with van der Waals surface area (Å²) in [5.74, 6) is 0.727. The van der Waals surface area contributed by atoms with Gasteiger partial charge < -0.3 is 9.47 Å². The van der Waals surface area contributed by atoms with E-state index in [1.165, 1.54) is 12.3 Å². The molecule has 2 rings (SSSR count). The number of hydrogen-bond donors (Lipinski definition) is 0. The van der Waals surface area contributed by atoms with Crippen LogP contribution in [0.15, 0.2) is 30.2 Å². The van der Waals surface area contributed by atoms with Gasteiger partial charge in [0.15, 0.2) is 11.6 Å². The predicted molar refractivity (Wildman–Crippen MR) is 41.4 cm³/mol. The van der Waals surface area contributed by atoms with Gasteiger partial charge in [-0.1, -0.05) is 6.07 Å². The maximum atomic E-state index is 13.0. The van der Waals surface area contributed by atoms with Crippen LogP contribution in [0, 0.1) is 5.82 Å². The molecule has 0 saturated carbocycles. The van der Waals surface area contributed by atoms with E-state index in [1.807, 2.05) is 0 Å². The van der Waals surface area contributed by atoms with Gasteiger partial charge in [-0.3, -0.25) is 0 Å². The van der Waals surface area contributed by atoms with Gasteiger partial charge in [0, 0.05) is 0 Å². The Kier molecular flexibility index (Phi) is 1.50. The molecule has 0 spiro atoms. The topological polar surface area (TPSA) is 18.5 Å². The summed E-state index contributed by atoms with van der Waals surface area (Å²) in [6.07, 6.45) is 1.45. The highest BCUT2D eigenvalue weighted by Crippen LogP contribution is 2.34. The van der Waals surface area contributed by atoms with Gasteiger partial charge in [-0.15, -0.1) is 0 Å². The van der Waals surface area contributed by atoms with Crippen LogP contribution in [0.5, 0.6) is 11.5 Å². The molecule has 2 nitrogen and oxygen atoms in total. The SMILES string of the molecule is CC1=COc2cccc(F)c2O1. The van der Waals surface area contributed by atoms with Crippen molar-refractivity contribution in [2.75, 3.05) is 0 Å². The first-order chi connectivity index (χ1) is 5.77. The number of fused-ring (bicyclic) bond motifs is 1. The van der Waals surface area contributed by atoms with Gasteiger partial charge in [0.25, 0.3) is 0 Å². The van der Waals surface area contributed by atoms with Crippen molar-refractivity contribution in [2.45, 2.75) is 6.92 Å². The molecule has 0 radical (unpaired) electrons. The number of benzene rings is 1. The standard InChI is InChI=1S/C9H7FO2/c1-6-5-11-8-4-2-3-7(10)9(8)12-6/h2-5H,1H3. The fraction of sp³-hybridized carbons (Fsp3) is 0.111. The zero-order valence-corrected chi connectivity index (χ0v) is 6.50. The molecule has 0 amide bonds. The Labute approximate surface area is 69.2 Å². The molecule has 1 aliphatic rings. The van der Waals surface area contributed by atoms with Gasteiger partial charge in [-0.05, 0) is 19.1 Å². The lowest BCUT2D eigenvalue weighted by Crippen LogP contribution is -2.03. The Morgan fingerprint density at radius 2 is 2.17 bits per heavy atom. The van der Waals surface area contributed by atoms with Gasteiger partial charge in [0.05, 0.1) is 0 Å². The van der Waals surface area contributed by atoms with E-state index in [4.69, 9.17) is 9.47 Å². The molecule has 0 bridgehead atoms. The van der Waals surface area contributed by atoms with E-state index in [2.05, 4.69) is 0 Å². The van der Waals surface area contributed by atoms with E-state index < -0.39 is 5.82 Å². The molecular weight excluding hydrogens is 159 g/mol. The number of hydrogen-bond acceptors (Lipinski definition) is 2. The van der Waals surface area contributed by atoms with Gasteiger partial charge in [0.2, 0.25) is 5.75 Å². The van der Waals surface area contributed by atoms with Crippen LogP contribution in [0.3, 0.4) is 0 Å². The predicted octanol–water partition coefficient (Wildman–Crippen LogP) is 2.46. The zero-order chi connectivity index (χ0) is 8.55. The third kappa shape index (κ3) is 1.03. The molecular formula is C9H7FO2. The number of rotatable bonds is 0. The molecule has 0 fully saturated rings. The Hall–Kier alpha value is -1.51. The molecule has 0 atom stereocenters. The molecule has 1 aromatic rings. The molecule has 0 unspecified atom stereocenters. The zero-order valence-electron chi connectivity index (χ0n) is 6.50. The molecule has 12 heavy (non-hydrogen) atoms.